The van der Waals surface area contributed by atoms with Crippen molar-refractivity contribution >= 4 is 34.9 Å². The zero-order valence-corrected chi connectivity index (χ0v) is 15.9. The number of rotatable bonds is 6. The average molecular weight is 392 g/mol. The van der Waals surface area contributed by atoms with Crippen molar-refractivity contribution in [3.8, 4) is 0 Å². The molecular formula is C20H20N6O3. The largest absolute Gasteiger partial charge is 0.465 e. The summed E-state index contributed by atoms with van der Waals surface area (Å²) in [6, 6.07) is 14.0. The van der Waals surface area contributed by atoms with Crippen molar-refractivity contribution in [1.82, 2.24) is 15.4 Å². The van der Waals surface area contributed by atoms with Crippen LogP contribution < -0.4 is 21.9 Å². The van der Waals surface area contributed by atoms with Crippen molar-refractivity contribution in [2.24, 2.45) is 0 Å². The second kappa shape index (κ2) is 8.70. The number of methoxy groups -OCH3 is 1. The van der Waals surface area contributed by atoms with Crippen molar-refractivity contribution in [3.05, 3.63) is 71.5 Å². The molecule has 148 valence electrons. The molecule has 0 bridgehead atoms. The number of benzene rings is 2. The third-order valence-electron chi connectivity index (χ3n) is 4.15. The summed E-state index contributed by atoms with van der Waals surface area (Å²) in [6.45, 7) is 1.84. The first kappa shape index (κ1) is 19.6. The number of hydrogen-bond donors (Lipinski definition) is 4. The van der Waals surface area contributed by atoms with Gasteiger partial charge in [-0.2, -0.15) is 0 Å². The van der Waals surface area contributed by atoms with Gasteiger partial charge in [-0.05, 0) is 30.7 Å². The number of anilines is 4. The lowest BCUT2D eigenvalue weighted by Gasteiger charge is -2.15. The normalized spacial score (nSPS) is 10.1. The molecule has 1 amide bonds. The number of carbonyl (C=O) groups excluding carboxylic acids is 2. The molecule has 0 fully saturated rings. The summed E-state index contributed by atoms with van der Waals surface area (Å²) >= 11 is 0. The van der Waals surface area contributed by atoms with Crippen molar-refractivity contribution in [2.75, 3.05) is 23.6 Å². The minimum Gasteiger partial charge on any atom is -0.465 e. The molecule has 3 aromatic rings. The van der Waals surface area contributed by atoms with Crippen LogP contribution in [0.5, 0.6) is 0 Å². The van der Waals surface area contributed by atoms with Crippen LogP contribution >= 0.6 is 0 Å². The van der Waals surface area contributed by atoms with E-state index in [1.165, 1.54) is 13.4 Å². The second-order valence-electron chi connectivity index (χ2n) is 6.04. The lowest BCUT2D eigenvalue weighted by molar-refractivity contribution is 0.0601. The number of aryl methyl sites for hydroxylation is 1. The molecule has 0 aliphatic rings. The Labute approximate surface area is 167 Å². The van der Waals surface area contributed by atoms with E-state index in [-0.39, 0.29) is 23.2 Å². The summed E-state index contributed by atoms with van der Waals surface area (Å²) < 4.78 is 4.78. The number of hydrogen-bond acceptors (Lipinski definition) is 8. The zero-order valence-electron chi connectivity index (χ0n) is 15.9. The van der Waals surface area contributed by atoms with E-state index >= 15 is 0 Å². The molecule has 1 heterocycles. The van der Waals surface area contributed by atoms with Crippen molar-refractivity contribution < 1.29 is 14.3 Å². The standard InChI is InChI=1S/C20H20N6O3/c1-12-7-3-4-8-13(12)19(27)26-25-18-16(21)17(22-11-23-18)24-15-10-6-5-9-14(15)20(28)29-2/h3-11H,21H2,1-2H3,(H,26,27)(H2,22,23,24,25). The number of nitrogens with zero attached hydrogens (tertiary/aromatic N) is 2. The number of carbonyl (C=O) groups is 2. The smallest absolute Gasteiger partial charge is 0.339 e. The molecule has 3 rings (SSSR count). The Hall–Kier alpha value is -4.14. The first-order valence-corrected chi connectivity index (χ1v) is 8.68. The van der Waals surface area contributed by atoms with Crippen LogP contribution in [-0.2, 0) is 4.74 Å². The molecule has 1 aromatic heterocycles. The Morgan fingerprint density at radius 2 is 1.62 bits per heavy atom. The van der Waals surface area contributed by atoms with E-state index in [1.807, 2.05) is 19.1 Å². The third kappa shape index (κ3) is 4.41. The summed E-state index contributed by atoms with van der Waals surface area (Å²) in [7, 11) is 1.30. The molecule has 0 saturated carbocycles. The fraction of sp³-hybridized carbons (Fsp3) is 0.100. The van der Waals surface area contributed by atoms with E-state index in [0.717, 1.165) is 5.56 Å². The van der Waals surface area contributed by atoms with Crippen molar-refractivity contribution in [2.45, 2.75) is 6.92 Å². The van der Waals surface area contributed by atoms with Crippen LogP contribution in [0.4, 0.5) is 23.0 Å². The van der Waals surface area contributed by atoms with E-state index in [9.17, 15) is 9.59 Å². The molecule has 0 spiro atoms. The molecule has 0 aliphatic heterocycles. The predicted molar refractivity (Wildman–Crippen MR) is 110 cm³/mol. The quantitative estimate of drug-likeness (QED) is 0.372. The Balaban J connectivity index is 1.78. The highest BCUT2D eigenvalue weighted by molar-refractivity contribution is 5.98. The van der Waals surface area contributed by atoms with Gasteiger partial charge in [0.25, 0.3) is 5.91 Å². The van der Waals surface area contributed by atoms with Gasteiger partial charge in [0.15, 0.2) is 11.6 Å². The van der Waals surface area contributed by atoms with Crippen molar-refractivity contribution in [1.29, 1.82) is 0 Å². The van der Waals surface area contributed by atoms with Gasteiger partial charge in [0.2, 0.25) is 0 Å². The van der Waals surface area contributed by atoms with Crippen LogP contribution in [0.1, 0.15) is 26.3 Å². The van der Waals surface area contributed by atoms with E-state index in [4.69, 9.17) is 10.5 Å². The number of nitrogen functional groups attached to an aromatic ring is 1. The van der Waals surface area contributed by atoms with Gasteiger partial charge < -0.3 is 15.8 Å². The van der Waals surface area contributed by atoms with Gasteiger partial charge in [0, 0.05) is 5.56 Å². The highest BCUT2D eigenvalue weighted by Gasteiger charge is 2.15. The lowest BCUT2D eigenvalue weighted by Crippen LogP contribution is -2.31. The maximum absolute atomic E-state index is 12.4. The molecule has 9 heteroatoms. The molecular weight excluding hydrogens is 372 g/mol. The number of para-hydroxylation sites is 1. The van der Waals surface area contributed by atoms with E-state index < -0.39 is 5.97 Å². The van der Waals surface area contributed by atoms with Gasteiger partial charge in [-0.15, -0.1) is 0 Å². The molecule has 0 aliphatic carbocycles. The second-order valence-corrected chi connectivity index (χ2v) is 6.04. The van der Waals surface area contributed by atoms with E-state index in [0.29, 0.717) is 16.8 Å². The molecule has 2 aromatic carbocycles. The monoisotopic (exact) mass is 392 g/mol. The Kier molecular flexibility index (Phi) is 5.88. The Bertz CT molecular complexity index is 1050. The van der Waals surface area contributed by atoms with Gasteiger partial charge in [0.05, 0.1) is 18.4 Å². The first-order chi connectivity index (χ1) is 14.0. The van der Waals surface area contributed by atoms with Crippen LogP contribution in [0.2, 0.25) is 0 Å². The number of esters is 1. The maximum atomic E-state index is 12.4. The average Bonchev–Trinajstić information content (AvgIpc) is 2.74. The summed E-state index contributed by atoms with van der Waals surface area (Å²) in [5.41, 5.74) is 13.7. The van der Waals surface area contributed by atoms with Crippen LogP contribution in [0.25, 0.3) is 0 Å². The molecule has 9 nitrogen and oxygen atoms in total. The summed E-state index contributed by atoms with van der Waals surface area (Å²) in [4.78, 5) is 32.4. The van der Waals surface area contributed by atoms with Crippen LogP contribution in [-0.4, -0.2) is 29.0 Å². The van der Waals surface area contributed by atoms with Gasteiger partial charge in [-0.25, -0.2) is 14.8 Å². The zero-order chi connectivity index (χ0) is 20.8. The van der Waals surface area contributed by atoms with Crippen LogP contribution in [0.15, 0.2) is 54.9 Å². The van der Waals surface area contributed by atoms with Gasteiger partial charge >= 0.3 is 5.97 Å². The fourth-order valence-corrected chi connectivity index (χ4v) is 2.61. The summed E-state index contributed by atoms with van der Waals surface area (Å²) in [6.07, 6.45) is 1.28. The summed E-state index contributed by atoms with van der Waals surface area (Å²) in [5, 5.41) is 3.00. The minimum absolute atomic E-state index is 0.164. The van der Waals surface area contributed by atoms with E-state index in [2.05, 4.69) is 26.1 Å². The molecule has 0 radical (unpaired) electrons. The highest BCUT2D eigenvalue weighted by Crippen LogP contribution is 2.27. The summed E-state index contributed by atoms with van der Waals surface area (Å²) in [5.74, 6) is -0.347. The number of nitrogens with one attached hydrogen (secondary N) is 3. The molecule has 5 N–H and O–H groups in total. The van der Waals surface area contributed by atoms with E-state index in [1.54, 1.807) is 36.4 Å². The number of ether oxygens (including phenoxy) is 1. The number of aromatic nitrogens is 2. The molecule has 0 unspecified atom stereocenters. The molecule has 29 heavy (non-hydrogen) atoms. The maximum Gasteiger partial charge on any atom is 0.339 e. The minimum atomic E-state index is -0.496. The van der Waals surface area contributed by atoms with Crippen molar-refractivity contribution in [3.63, 3.8) is 0 Å². The fourth-order valence-electron chi connectivity index (χ4n) is 2.61. The van der Waals surface area contributed by atoms with Crippen LogP contribution in [0, 0.1) is 6.92 Å². The number of amides is 1. The topological polar surface area (TPSA) is 131 Å². The van der Waals surface area contributed by atoms with Gasteiger partial charge in [-0.1, -0.05) is 30.3 Å². The highest BCUT2D eigenvalue weighted by atomic mass is 16.5. The Morgan fingerprint density at radius 3 is 2.34 bits per heavy atom. The number of hydrazine groups is 1. The van der Waals surface area contributed by atoms with Crippen LogP contribution in [0.3, 0.4) is 0 Å². The molecule has 0 saturated heterocycles. The lowest BCUT2D eigenvalue weighted by atomic mass is 10.1. The first-order valence-electron chi connectivity index (χ1n) is 8.68. The predicted octanol–water partition coefficient (Wildman–Crippen LogP) is 2.65. The van der Waals surface area contributed by atoms with Gasteiger partial charge in [-0.3, -0.25) is 15.6 Å². The third-order valence-corrected chi connectivity index (χ3v) is 4.15. The molecule has 0 atom stereocenters. The van der Waals surface area contributed by atoms with Gasteiger partial charge in [0.1, 0.15) is 12.0 Å². The SMILES string of the molecule is COC(=O)c1ccccc1Nc1ncnc(NNC(=O)c2ccccc2C)c1N. The Morgan fingerprint density at radius 1 is 0.966 bits per heavy atom. The number of nitrogens with two attached hydrogens (primary N) is 1.